The van der Waals surface area contributed by atoms with E-state index in [9.17, 15) is 22.8 Å². The molecule has 2 amide bonds. The number of likely N-dealkylation sites (N-methyl/N-ethyl adjacent to an activating group) is 1. The van der Waals surface area contributed by atoms with Crippen molar-refractivity contribution in [3.8, 4) is 5.75 Å². The summed E-state index contributed by atoms with van der Waals surface area (Å²) < 4.78 is 43.4. The van der Waals surface area contributed by atoms with E-state index in [0.29, 0.717) is 72.2 Å². The van der Waals surface area contributed by atoms with Gasteiger partial charge in [0.1, 0.15) is 29.8 Å². The molecule has 0 bridgehead atoms. The SMILES string of the molecule is CCOCCN(C)C(=O)C1=Cc2c(ncnc2Nc2ccc(OC3CCN(C(=O)C4CCCC4)CC3)c(Cl)c2)NCC1.O=C(O)C(F)(F)F. The van der Waals surface area contributed by atoms with Gasteiger partial charge < -0.3 is 35.0 Å². The molecule has 1 aliphatic carbocycles. The molecule has 5 rings (SSSR count). The lowest BCUT2D eigenvalue weighted by molar-refractivity contribution is -0.192. The van der Waals surface area contributed by atoms with Crippen LogP contribution >= 0.6 is 11.6 Å². The fraction of sp³-hybridized carbons (Fsp3) is 0.545. The Labute approximate surface area is 288 Å². The van der Waals surface area contributed by atoms with E-state index >= 15 is 0 Å². The molecule has 3 heterocycles. The average Bonchev–Trinajstić information content (AvgIpc) is 3.52. The zero-order valence-electron chi connectivity index (χ0n) is 27.5. The van der Waals surface area contributed by atoms with Gasteiger partial charge in [-0.3, -0.25) is 9.59 Å². The third-order valence-electron chi connectivity index (χ3n) is 8.47. The highest BCUT2D eigenvalue weighted by Crippen LogP contribution is 2.34. The van der Waals surface area contributed by atoms with Gasteiger partial charge in [-0.2, -0.15) is 13.2 Å². The number of carboxylic acids is 1. The Morgan fingerprint density at radius 2 is 1.84 bits per heavy atom. The Kier molecular flexibility index (Phi) is 13.5. The number of alkyl halides is 3. The van der Waals surface area contributed by atoms with Gasteiger partial charge in [0.2, 0.25) is 11.8 Å². The number of benzene rings is 1. The summed E-state index contributed by atoms with van der Waals surface area (Å²) in [6, 6.07) is 5.57. The second kappa shape index (κ2) is 17.5. The number of hydrogen-bond donors (Lipinski definition) is 3. The van der Waals surface area contributed by atoms with Crippen molar-refractivity contribution in [1.29, 1.82) is 0 Å². The lowest BCUT2D eigenvalue weighted by Gasteiger charge is -2.33. The van der Waals surface area contributed by atoms with Gasteiger partial charge in [-0.15, -0.1) is 0 Å². The van der Waals surface area contributed by atoms with E-state index in [-0.39, 0.29) is 17.9 Å². The molecule has 268 valence electrons. The lowest BCUT2D eigenvalue weighted by atomic mass is 10.0. The number of nitrogens with zero attached hydrogens (tertiary/aromatic N) is 4. The minimum atomic E-state index is -5.08. The highest BCUT2D eigenvalue weighted by Gasteiger charge is 2.38. The van der Waals surface area contributed by atoms with Crippen molar-refractivity contribution in [2.75, 3.05) is 57.1 Å². The molecule has 1 aromatic carbocycles. The molecule has 3 N–H and O–H groups in total. The largest absolute Gasteiger partial charge is 0.490 e. The number of anilines is 3. The predicted octanol–water partition coefficient (Wildman–Crippen LogP) is 5.76. The van der Waals surface area contributed by atoms with Crippen molar-refractivity contribution < 1.29 is 42.1 Å². The molecule has 0 spiro atoms. The zero-order valence-corrected chi connectivity index (χ0v) is 28.3. The maximum absolute atomic E-state index is 13.1. The number of carbonyl (C=O) groups excluding carboxylic acids is 2. The van der Waals surface area contributed by atoms with E-state index in [2.05, 4.69) is 20.6 Å². The van der Waals surface area contributed by atoms with Crippen molar-refractivity contribution in [2.24, 2.45) is 5.92 Å². The number of rotatable bonds is 10. The number of amides is 2. The molecule has 2 fully saturated rings. The molecule has 2 aliphatic heterocycles. The Hall–Kier alpha value is -4.11. The first-order valence-electron chi connectivity index (χ1n) is 16.3. The van der Waals surface area contributed by atoms with E-state index < -0.39 is 12.1 Å². The summed E-state index contributed by atoms with van der Waals surface area (Å²) in [5, 5.41) is 14.3. The molecule has 1 saturated heterocycles. The Morgan fingerprint density at radius 1 is 1.14 bits per heavy atom. The van der Waals surface area contributed by atoms with E-state index in [0.717, 1.165) is 44.5 Å². The van der Waals surface area contributed by atoms with Gasteiger partial charge in [-0.05, 0) is 50.5 Å². The summed E-state index contributed by atoms with van der Waals surface area (Å²) in [6.45, 7) is 5.61. The van der Waals surface area contributed by atoms with Gasteiger partial charge in [-0.25, -0.2) is 14.8 Å². The molecule has 1 aromatic heterocycles. The third-order valence-corrected chi connectivity index (χ3v) is 8.77. The fourth-order valence-electron chi connectivity index (χ4n) is 5.81. The van der Waals surface area contributed by atoms with Gasteiger partial charge in [0.25, 0.3) is 0 Å². The summed E-state index contributed by atoms with van der Waals surface area (Å²) in [5.41, 5.74) is 2.13. The number of likely N-dealkylation sites (tertiary alicyclic amines) is 1. The number of piperidine rings is 1. The third kappa shape index (κ3) is 10.7. The highest BCUT2D eigenvalue weighted by molar-refractivity contribution is 6.32. The number of aliphatic carboxylic acids is 1. The monoisotopic (exact) mass is 710 g/mol. The zero-order chi connectivity index (χ0) is 35.6. The molecular weight excluding hydrogens is 669 g/mol. The summed E-state index contributed by atoms with van der Waals surface area (Å²) in [5.74, 6) is -0.417. The number of nitrogens with one attached hydrogen (secondary N) is 2. The van der Waals surface area contributed by atoms with Crippen molar-refractivity contribution in [3.05, 3.63) is 40.7 Å². The van der Waals surface area contributed by atoms with Crippen LogP contribution in [0.3, 0.4) is 0 Å². The minimum Gasteiger partial charge on any atom is -0.489 e. The van der Waals surface area contributed by atoms with Crippen LogP contribution in [0.25, 0.3) is 6.08 Å². The summed E-state index contributed by atoms with van der Waals surface area (Å²) in [6.07, 6.45) is 4.84. The molecule has 0 unspecified atom stereocenters. The quantitative estimate of drug-likeness (QED) is 0.260. The van der Waals surface area contributed by atoms with Crippen molar-refractivity contribution >= 4 is 52.8 Å². The number of fused-ring (bicyclic) bond motifs is 1. The van der Waals surface area contributed by atoms with Crippen molar-refractivity contribution in [1.82, 2.24) is 19.8 Å². The van der Waals surface area contributed by atoms with Gasteiger partial charge >= 0.3 is 12.1 Å². The normalized spacial score (nSPS) is 16.7. The van der Waals surface area contributed by atoms with Crippen molar-refractivity contribution in [2.45, 2.75) is 64.1 Å². The smallest absolute Gasteiger partial charge is 0.489 e. The van der Waals surface area contributed by atoms with Crippen LogP contribution in [0.1, 0.15) is 57.4 Å². The maximum Gasteiger partial charge on any atom is 0.490 e. The second-order valence-electron chi connectivity index (χ2n) is 12.0. The number of carbonyl (C=O) groups is 3. The van der Waals surface area contributed by atoms with Crippen LogP contribution in [-0.4, -0.2) is 101 Å². The number of ether oxygens (including phenoxy) is 2. The predicted molar refractivity (Wildman–Crippen MR) is 178 cm³/mol. The van der Waals surface area contributed by atoms with Crippen LogP contribution in [0.5, 0.6) is 5.75 Å². The van der Waals surface area contributed by atoms with Gasteiger partial charge in [0.15, 0.2) is 0 Å². The van der Waals surface area contributed by atoms with E-state index in [1.165, 1.54) is 19.2 Å². The summed E-state index contributed by atoms with van der Waals surface area (Å²) >= 11 is 6.65. The average molecular weight is 711 g/mol. The van der Waals surface area contributed by atoms with Crippen LogP contribution in [0, 0.1) is 5.92 Å². The number of hydrogen-bond acceptors (Lipinski definition) is 9. The van der Waals surface area contributed by atoms with Gasteiger partial charge in [0.05, 0.1) is 17.2 Å². The first-order valence-corrected chi connectivity index (χ1v) is 16.7. The molecule has 2 aromatic rings. The maximum atomic E-state index is 13.1. The first kappa shape index (κ1) is 37.7. The topological polar surface area (TPSA) is 146 Å². The van der Waals surface area contributed by atoms with Crippen molar-refractivity contribution in [3.63, 3.8) is 0 Å². The summed E-state index contributed by atoms with van der Waals surface area (Å²) in [7, 11) is 1.78. The Balaban J connectivity index is 0.000000698. The lowest BCUT2D eigenvalue weighted by Crippen LogP contribution is -2.44. The van der Waals surface area contributed by atoms with E-state index in [1.54, 1.807) is 11.9 Å². The second-order valence-corrected chi connectivity index (χ2v) is 12.4. The first-order chi connectivity index (χ1) is 23.4. The van der Waals surface area contributed by atoms with Gasteiger partial charge in [-0.1, -0.05) is 24.4 Å². The highest BCUT2D eigenvalue weighted by atomic mass is 35.5. The van der Waals surface area contributed by atoms with Crippen LogP contribution in [0.4, 0.5) is 30.5 Å². The van der Waals surface area contributed by atoms with Crippen LogP contribution in [-0.2, 0) is 19.1 Å². The minimum absolute atomic E-state index is 0.0189. The fourth-order valence-corrected chi connectivity index (χ4v) is 6.04. The molecule has 49 heavy (non-hydrogen) atoms. The summed E-state index contributed by atoms with van der Waals surface area (Å²) in [4.78, 5) is 47.4. The number of carboxylic acid groups (broad SMARTS) is 1. The number of halogens is 4. The molecule has 0 radical (unpaired) electrons. The van der Waals surface area contributed by atoms with E-state index in [4.69, 9.17) is 31.0 Å². The van der Waals surface area contributed by atoms with Crippen LogP contribution < -0.4 is 15.4 Å². The Bertz CT molecular complexity index is 1500. The molecule has 1 saturated carbocycles. The molecule has 3 aliphatic rings. The standard InChI is InChI=1S/C31H41ClN6O4.C2HF3O2/c1-3-41-17-16-37(2)30(39)22-10-13-33-28-25(18-22)29(35-20-34-28)36-23-8-9-27(26(32)19-23)42-24-11-14-38(15-12-24)31(40)21-6-4-5-7-21;3-2(4,5)1(6)7/h8-9,18-21,24H,3-7,10-17H2,1-2H3,(H2,33,34,35,36);(H,6,7). The molecular formula is C33H42ClF3N6O6. The van der Waals surface area contributed by atoms with E-state index in [1.807, 2.05) is 36.1 Å². The molecule has 12 nitrogen and oxygen atoms in total. The Morgan fingerprint density at radius 3 is 2.47 bits per heavy atom. The molecule has 0 atom stereocenters. The van der Waals surface area contributed by atoms with Gasteiger partial charge in [0, 0.05) is 69.9 Å². The van der Waals surface area contributed by atoms with Crippen LogP contribution in [0.2, 0.25) is 5.02 Å². The van der Waals surface area contributed by atoms with Crippen LogP contribution in [0.15, 0.2) is 30.1 Å². The number of aromatic nitrogens is 2. The molecule has 16 heteroatoms.